The summed E-state index contributed by atoms with van der Waals surface area (Å²) in [5.74, 6) is 0. The van der Waals surface area contributed by atoms with E-state index < -0.39 is 22.0 Å². The lowest BCUT2D eigenvalue weighted by Gasteiger charge is -2.26. The second kappa shape index (κ2) is 8.24. The monoisotopic (exact) mass is 394 g/mol. The van der Waals surface area contributed by atoms with E-state index in [0.29, 0.717) is 15.7 Å². The number of urea groups is 1. The summed E-state index contributed by atoms with van der Waals surface area (Å²) in [5, 5.41) is 0. The van der Waals surface area contributed by atoms with Crippen LogP contribution in [0.5, 0.6) is 0 Å². The minimum Gasteiger partial charge on any atom is -0.449 e. The number of anilines is 2. The maximum atomic E-state index is 12.8. The summed E-state index contributed by atoms with van der Waals surface area (Å²) >= 11 is 3.93. The van der Waals surface area contributed by atoms with Gasteiger partial charge < -0.3 is 4.74 Å². The van der Waals surface area contributed by atoms with E-state index in [0.717, 1.165) is 6.26 Å². The van der Waals surface area contributed by atoms with E-state index in [1.165, 1.54) is 29.2 Å². The number of hydrogen-bond acceptors (Lipinski definition) is 6. The van der Waals surface area contributed by atoms with Crippen molar-refractivity contribution in [2.24, 2.45) is 0 Å². The highest BCUT2D eigenvalue weighted by atomic mass is 32.2. The summed E-state index contributed by atoms with van der Waals surface area (Å²) in [6.07, 6.45) is 0.188. The fourth-order valence-electron chi connectivity index (χ4n) is 2.15. The van der Waals surface area contributed by atoms with Crippen LogP contribution in [0.25, 0.3) is 0 Å². The predicted octanol–water partition coefficient (Wildman–Crippen LogP) is 3.65. The van der Waals surface area contributed by atoms with Gasteiger partial charge in [0.15, 0.2) is 9.84 Å². The van der Waals surface area contributed by atoms with E-state index in [2.05, 4.69) is 12.8 Å². The molecule has 2 aromatic rings. The maximum Gasteiger partial charge on any atom is 0.428 e. The molecule has 0 N–H and O–H groups in total. The average molecular weight is 394 g/mol. The van der Waals surface area contributed by atoms with Crippen molar-refractivity contribution in [3.05, 3.63) is 54.6 Å². The van der Waals surface area contributed by atoms with E-state index in [4.69, 9.17) is 4.74 Å². The molecule has 2 rings (SSSR count). The number of sulfone groups is 1. The van der Waals surface area contributed by atoms with Crippen LogP contribution >= 0.6 is 12.8 Å². The Kier molecular flexibility index (Phi) is 6.27. The third-order valence-electron chi connectivity index (χ3n) is 3.35. The zero-order valence-corrected chi connectivity index (χ0v) is 15.9. The van der Waals surface area contributed by atoms with Crippen molar-refractivity contribution in [2.75, 3.05) is 17.8 Å². The second-order valence-corrected chi connectivity index (χ2v) is 7.65. The average Bonchev–Trinajstić information content (AvgIpc) is 2.62. The first-order valence-electron chi connectivity index (χ1n) is 7.60. The summed E-state index contributed by atoms with van der Waals surface area (Å²) in [4.78, 5) is 26.0. The quantitative estimate of drug-likeness (QED) is 0.800. The number of thiol groups is 1. The van der Waals surface area contributed by atoms with Crippen LogP contribution in [0.3, 0.4) is 0 Å². The fraction of sp³-hybridized carbons (Fsp3) is 0.176. The molecule has 0 fully saturated rings. The van der Waals surface area contributed by atoms with Crippen LogP contribution in [0, 0.1) is 0 Å². The highest BCUT2D eigenvalue weighted by Crippen LogP contribution is 2.28. The van der Waals surface area contributed by atoms with Crippen LogP contribution in [0.4, 0.5) is 21.0 Å². The Bertz CT molecular complexity index is 883. The highest BCUT2D eigenvalue weighted by Gasteiger charge is 2.28. The van der Waals surface area contributed by atoms with Gasteiger partial charge in [0.2, 0.25) is 0 Å². The molecule has 0 unspecified atom stereocenters. The molecule has 0 atom stereocenters. The van der Waals surface area contributed by atoms with Crippen molar-refractivity contribution < 1.29 is 22.7 Å². The number of carbonyl (C=O) groups is 2. The Morgan fingerprint density at radius 2 is 1.54 bits per heavy atom. The first-order chi connectivity index (χ1) is 12.3. The second-order valence-electron chi connectivity index (χ2n) is 5.23. The molecule has 0 saturated carbocycles. The molecule has 138 valence electrons. The highest BCUT2D eigenvalue weighted by molar-refractivity contribution is 7.90. The summed E-state index contributed by atoms with van der Waals surface area (Å²) in [5.41, 5.74) is 0.852. The SMILES string of the molecule is CCOC(=O)N(S)C(=O)N(c1ccccc1)c1ccc(S(C)(=O)=O)cc1. The van der Waals surface area contributed by atoms with Gasteiger partial charge in [0, 0.05) is 6.26 Å². The molecule has 0 radical (unpaired) electrons. The van der Waals surface area contributed by atoms with Crippen molar-refractivity contribution in [1.82, 2.24) is 4.31 Å². The number of nitrogens with zero attached hydrogens (tertiary/aromatic N) is 2. The van der Waals surface area contributed by atoms with Gasteiger partial charge in [0.1, 0.15) is 0 Å². The van der Waals surface area contributed by atoms with Gasteiger partial charge in [0.05, 0.1) is 22.9 Å². The molecule has 2 aromatic carbocycles. The van der Waals surface area contributed by atoms with Crippen LogP contribution in [-0.4, -0.2) is 37.7 Å². The predicted molar refractivity (Wildman–Crippen MR) is 101 cm³/mol. The van der Waals surface area contributed by atoms with Gasteiger partial charge in [-0.1, -0.05) is 31.0 Å². The first-order valence-corrected chi connectivity index (χ1v) is 9.90. The number of para-hydroxylation sites is 1. The number of hydrogen-bond donors (Lipinski definition) is 1. The normalized spacial score (nSPS) is 10.9. The largest absolute Gasteiger partial charge is 0.449 e. The van der Waals surface area contributed by atoms with Crippen molar-refractivity contribution in [1.29, 1.82) is 0 Å². The maximum absolute atomic E-state index is 12.8. The lowest BCUT2D eigenvalue weighted by Crippen LogP contribution is -2.39. The Morgan fingerprint density at radius 3 is 2.04 bits per heavy atom. The van der Waals surface area contributed by atoms with Crippen molar-refractivity contribution in [3.8, 4) is 0 Å². The Labute approximate surface area is 157 Å². The van der Waals surface area contributed by atoms with Gasteiger partial charge >= 0.3 is 12.1 Å². The molecule has 0 aliphatic carbocycles. The summed E-state index contributed by atoms with van der Waals surface area (Å²) in [6, 6.07) is 13.6. The summed E-state index contributed by atoms with van der Waals surface area (Å²) < 4.78 is 28.6. The van der Waals surface area contributed by atoms with Crippen LogP contribution in [0.1, 0.15) is 6.92 Å². The molecule has 3 amide bonds. The van der Waals surface area contributed by atoms with E-state index in [9.17, 15) is 18.0 Å². The van der Waals surface area contributed by atoms with Gasteiger partial charge in [-0.3, -0.25) is 4.90 Å². The van der Waals surface area contributed by atoms with Crippen LogP contribution < -0.4 is 4.90 Å². The smallest absolute Gasteiger partial charge is 0.428 e. The number of amides is 3. The lowest BCUT2D eigenvalue weighted by atomic mass is 10.2. The van der Waals surface area contributed by atoms with Crippen molar-refractivity contribution in [3.63, 3.8) is 0 Å². The summed E-state index contributed by atoms with van der Waals surface area (Å²) in [6.45, 7) is 1.71. The van der Waals surface area contributed by atoms with Gasteiger partial charge in [0.25, 0.3) is 0 Å². The number of ether oxygens (including phenoxy) is 1. The minimum atomic E-state index is -3.37. The molecule has 9 heteroatoms. The van der Waals surface area contributed by atoms with Gasteiger partial charge in [-0.15, -0.1) is 0 Å². The van der Waals surface area contributed by atoms with E-state index in [1.54, 1.807) is 37.3 Å². The van der Waals surface area contributed by atoms with Crippen LogP contribution in [0.2, 0.25) is 0 Å². The number of rotatable bonds is 4. The molecule has 26 heavy (non-hydrogen) atoms. The number of imide groups is 1. The van der Waals surface area contributed by atoms with Crippen LogP contribution in [-0.2, 0) is 14.6 Å². The molecule has 7 nitrogen and oxygen atoms in total. The van der Waals surface area contributed by atoms with Crippen LogP contribution in [0.15, 0.2) is 59.5 Å². The third kappa shape index (κ3) is 4.55. The number of benzene rings is 2. The molecule has 0 bridgehead atoms. The molecular weight excluding hydrogens is 376 g/mol. The minimum absolute atomic E-state index is 0.0948. The van der Waals surface area contributed by atoms with E-state index >= 15 is 0 Å². The topological polar surface area (TPSA) is 84.0 Å². The standard InChI is InChI=1S/C17H18N2O5S2/c1-3-24-17(21)19(25)16(20)18(13-7-5-4-6-8-13)14-9-11-15(12-10-14)26(2,22)23/h4-12,25H,3H2,1-2H3. The zero-order chi connectivity index (χ0) is 19.3. The molecule has 0 aliphatic rings. The zero-order valence-electron chi connectivity index (χ0n) is 14.2. The van der Waals surface area contributed by atoms with Gasteiger partial charge in [-0.25, -0.2) is 18.0 Å². The van der Waals surface area contributed by atoms with E-state index in [-0.39, 0.29) is 11.5 Å². The Balaban J connectivity index is 2.45. The molecule has 0 saturated heterocycles. The van der Waals surface area contributed by atoms with Crippen molar-refractivity contribution in [2.45, 2.75) is 11.8 Å². The Morgan fingerprint density at radius 1 is 1.00 bits per heavy atom. The molecule has 0 spiro atoms. The van der Waals surface area contributed by atoms with Gasteiger partial charge in [-0.2, -0.15) is 4.31 Å². The van der Waals surface area contributed by atoms with E-state index in [1.807, 2.05) is 0 Å². The molecule has 0 heterocycles. The molecular formula is C17H18N2O5S2. The summed E-state index contributed by atoms with van der Waals surface area (Å²) in [7, 11) is -3.37. The molecule has 0 aromatic heterocycles. The molecule has 0 aliphatic heterocycles. The lowest BCUT2D eigenvalue weighted by molar-refractivity contribution is 0.138. The van der Waals surface area contributed by atoms with Crippen molar-refractivity contribution >= 4 is 46.2 Å². The fourth-order valence-corrected chi connectivity index (χ4v) is 2.92. The van der Waals surface area contributed by atoms with Gasteiger partial charge in [-0.05, 0) is 43.3 Å². The first kappa shape index (κ1) is 19.8. The third-order valence-corrected chi connectivity index (χ3v) is 4.81. The Hall–Kier alpha value is -2.52. The number of carbonyl (C=O) groups excluding carboxylic acids is 2.